The lowest BCUT2D eigenvalue weighted by atomic mass is 9.91. The van der Waals surface area contributed by atoms with Crippen molar-refractivity contribution >= 4 is 65.0 Å². The minimum atomic E-state index is -1.64. The van der Waals surface area contributed by atoms with Crippen LogP contribution in [0.2, 0.25) is 0 Å². The Morgan fingerprint density at radius 1 is 0.559 bits per heavy atom. The first kappa shape index (κ1) is 82.0. The van der Waals surface area contributed by atoms with Crippen molar-refractivity contribution < 1.29 is 62.6 Å². The number of tetrazole rings is 1. The first-order valence-electron chi connectivity index (χ1n) is 33.0. The molecule has 28 nitrogen and oxygen atoms in total. The maximum Gasteiger partial charge on any atom is 0.246 e. The van der Waals surface area contributed by atoms with Crippen LogP contribution in [0, 0.1) is 35.5 Å². The van der Waals surface area contributed by atoms with E-state index in [4.69, 9.17) is 4.74 Å². The fourth-order valence-electron chi connectivity index (χ4n) is 11.5. The van der Waals surface area contributed by atoms with Crippen LogP contribution in [0.5, 0.6) is 0 Å². The first-order valence-corrected chi connectivity index (χ1v) is 33.0. The van der Waals surface area contributed by atoms with Crippen LogP contribution < -0.4 is 21.3 Å². The van der Waals surface area contributed by atoms with E-state index in [1.54, 1.807) is 67.5 Å². The van der Waals surface area contributed by atoms with Gasteiger partial charge in [0.2, 0.25) is 65.0 Å². The van der Waals surface area contributed by atoms with Crippen molar-refractivity contribution in [1.82, 2.24) is 75.8 Å². The van der Waals surface area contributed by atoms with E-state index in [2.05, 4.69) is 36.7 Å². The maximum atomic E-state index is 15.2. The largest absolute Gasteiger partial charge is 0.390 e. The average Bonchev–Trinajstić information content (AvgIpc) is 1.07. The molecule has 11 amide bonds. The number of allylic oxidation sites excluding steroid dienone is 2. The van der Waals surface area contributed by atoms with Gasteiger partial charge in [-0.1, -0.05) is 95.2 Å². The normalized spacial score (nSPS) is 25.9. The molecule has 1 aromatic heterocycles. The topological polar surface area (TPSA) is 332 Å². The zero-order chi connectivity index (χ0) is 71.2. The van der Waals surface area contributed by atoms with Crippen molar-refractivity contribution in [3.05, 3.63) is 18.5 Å². The van der Waals surface area contributed by atoms with Crippen molar-refractivity contribution in [3.8, 4) is 0 Å². The van der Waals surface area contributed by atoms with E-state index in [0.717, 1.165) is 14.7 Å². The Bertz CT molecular complexity index is 2670. The van der Waals surface area contributed by atoms with Crippen LogP contribution in [-0.2, 0) is 64.0 Å². The second-order valence-corrected chi connectivity index (χ2v) is 27.2. The number of aliphatic hydroxyl groups is 1. The van der Waals surface area contributed by atoms with Crippen LogP contribution in [0.25, 0.3) is 0 Å². The third kappa shape index (κ3) is 23.4. The lowest BCUT2D eigenvalue weighted by molar-refractivity contribution is -0.157. The van der Waals surface area contributed by atoms with Gasteiger partial charge in [0.05, 0.1) is 25.3 Å². The number of nitrogens with zero attached hydrogens (tertiary/aromatic N) is 11. The molecule has 0 aromatic carbocycles. The molecule has 0 saturated carbocycles. The van der Waals surface area contributed by atoms with Crippen LogP contribution in [0.1, 0.15) is 156 Å². The minimum absolute atomic E-state index is 0.0143. The Morgan fingerprint density at radius 2 is 1.06 bits per heavy atom. The van der Waals surface area contributed by atoms with Gasteiger partial charge in [-0.2, -0.15) is 4.80 Å². The molecule has 1 aliphatic heterocycles. The summed E-state index contributed by atoms with van der Waals surface area (Å²) in [4.78, 5) is 172. The number of likely N-dealkylation sites (N-methyl/N-ethyl adjacent to an activating group) is 7. The molecule has 5 N–H and O–H groups in total. The van der Waals surface area contributed by atoms with E-state index < -0.39 is 162 Å². The highest BCUT2D eigenvalue weighted by molar-refractivity contribution is 5.99. The zero-order valence-electron chi connectivity index (χ0n) is 60.0. The summed E-state index contributed by atoms with van der Waals surface area (Å²) in [5, 5.41) is 34.8. The first-order chi connectivity index (χ1) is 43.3. The molecular weight excluding hydrogens is 1200 g/mol. The van der Waals surface area contributed by atoms with Gasteiger partial charge in [0, 0.05) is 55.9 Å². The number of carbonyl (C=O) groups is 11. The number of aliphatic hydroxyl groups excluding tert-OH is 1. The lowest BCUT2D eigenvalue weighted by Gasteiger charge is -2.41. The number of aromatic nitrogens is 4. The van der Waals surface area contributed by atoms with E-state index in [0.29, 0.717) is 25.8 Å². The van der Waals surface area contributed by atoms with Crippen LogP contribution in [0.15, 0.2) is 18.5 Å². The fourth-order valence-corrected chi connectivity index (χ4v) is 11.5. The third-order valence-corrected chi connectivity index (χ3v) is 17.3. The Labute approximate surface area is 552 Å². The Hall–Kier alpha value is -7.10. The van der Waals surface area contributed by atoms with Gasteiger partial charge in [0.1, 0.15) is 60.4 Å². The molecule has 528 valence electrons. The molecule has 0 unspecified atom stereocenters. The Balaban J connectivity index is 2.98. The number of carbonyl (C=O) groups excluding carboxylic acids is 11. The number of hydrogen-bond donors (Lipinski definition) is 5. The van der Waals surface area contributed by atoms with Crippen LogP contribution in [-0.4, -0.2) is 260 Å². The summed E-state index contributed by atoms with van der Waals surface area (Å²) in [5.41, 5.74) is 0. The maximum absolute atomic E-state index is 15.2. The summed E-state index contributed by atoms with van der Waals surface area (Å²) in [6, 6.07) is -13.0. The predicted octanol–water partition coefficient (Wildman–Crippen LogP) is 2.09. The number of nitrogens with one attached hydrogen (secondary N) is 4. The third-order valence-electron chi connectivity index (χ3n) is 17.3. The second kappa shape index (κ2) is 38.3. The average molecular weight is 1310 g/mol. The number of ether oxygens (including phenoxy) is 1. The van der Waals surface area contributed by atoms with Crippen molar-refractivity contribution in [1.29, 1.82) is 0 Å². The molecule has 13 atom stereocenters. The van der Waals surface area contributed by atoms with Crippen molar-refractivity contribution in [2.75, 3.05) is 62.5 Å². The molecule has 0 radical (unpaired) electrons. The van der Waals surface area contributed by atoms with Crippen LogP contribution in [0.4, 0.5) is 0 Å². The van der Waals surface area contributed by atoms with Gasteiger partial charge in [-0.3, -0.25) is 52.7 Å². The molecule has 1 aliphatic rings. The van der Waals surface area contributed by atoms with Crippen molar-refractivity contribution in [3.63, 3.8) is 0 Å². The molecule has 28 heteroatoms. The summed E-state index contributed by atoms with van der Waals surface area (Å²) in [5.74, 6) is -10.2. The molecule has 2 rings (SSSR count). The predicted molar refractivity (Wildman–Crippen MR) is 351 cm³/mol. The summed E-state index contributed by atoms with van der Waals surface area (Å²) in [7, 11) is 9.78. The molecule has 1 fully saturated rings. The van der Waals surface area contributed by atoms with Gasteiger partial charge in [0.15, 0.2) is 6.33 Å². The Kier molecular flexibility index (Phi) is 33.8. The van der Waals surface area contributed by atoms with Gasteiger partial charge in [0.25, 0.3) is 0 Å². The second-order valence-electron chi connectivity index (χ2n) is 27.2. The van der Waals surface area contributed by atoms with E-state index in [9.17, 15) is 43.5 Å². The molecule has 0 aliphatic carbocycles. The van der Waals surface area contributed by atoms with E-state index in [1.807, 2.05) is 41.5 Å². The van der Waals surface area contributed by atoms with Crippen LogP contribution >= 0.6 is 0 Å². The quantitative estimate of drug-likeness (QED) is 0.0922. The standard InChI is InChI=1S/C65H115N15O13/c1-24-26-29-42(13)55(82)54-59(86)70-46(25-2)61(88)73(17)35-50(81)77(21)53(45(16)93-31-28-27-30-80-67-36-66-72-80)58(85)71-51(40(9)10)64(91)74(18)47(32-37(3)4)57(84)68-43(14)56(83)69-44(15)60(87)75(19)48(33-38(5)6)62(89)76(20)49(34-39(7)8)63(90)78(22)52(41(11)12)65(92)79(54)23/h24,26,36-49,51-55,82H,25,27-35H2,1-23H3,(H,68,84)(H,69,83)(H,70,86)(H,71,85)/b26-24+/t42-,43+,44-,45-,46+,47+,48+,49+,51+,52+,53+,54+,55-/m1/s1. The number of hydrogen-bond acceptors (Lipinski definition) is 16. The summed E-state index contributed by atoms with van der Waals surface area (Å²) < 4.78 is 6.23. The highest BCUT2D eigenvalue weighted by Crippen LogP contribution is 2.26. The lowest BCUT2D eigenvalue weighted by Crippen LogP contribution is -2.63. The Morgan fingerprint density at radius 3 is 1.57 bits per heavy atom. The van der Waals surface area contributed by atoms with Gasteiger partial charge >= 0.3 is 0 Å². The molecule has 2 heterocycles. The molecule has 1 aromatic rings. The van der Waals surface area contributed by atoms with E-state index in [-0.39, 0.29) is 50.0 Å². The number of unbranched alkanes of at least 4 members (excludes halogenated alkanes) is 1. The highest BCUT2D eigenvalue weighted by atomic mass is 16.5. The smallest absolute Gasteiger partial charge is 0.246 e. The van der Waals surface area contributed by atoms with Crippen LogP contribution in [0.3, 0.4) is 0 Å². The number of amides is 11. The van der Waals surface area contributed by atoms with Gasteiger partial charge in [-0.25, -0.2) is 0 Å². The monoisotopic (exact) mass is 1310 g/mol. The van der Waals surface area contributed by atoms with E-state index in [1.165, 1.54) is 93.9 Å². The molecule has 93 heavy (non-hydrogen) atoms. The van der Waals surface area contributed by atoms with Gasteiger partial charge in [-0.05, 0) is 113 Å². The van der Waals surface area contributed by atoms with Crippen molar-refractivity contribution in [2.45, 2.75) is 235 Å². The molecule has 0 bridgehead atoms. The number of aryl methyl sites for hydroxylation is 1. The van der Waals surface area contributed by atoms with Gasteiger partial charge in [-0.15, -0.1) is 10.2 Å². The van der Waals surface area contributed by atoms with Gasteiger partial charge < -0.3 is 65.4 Å². The summed E-state index contributed by atoms with van der Waals surface area (Å²) in [6.45, 7) is 27.5. The minimum Gasteiger partial charge on any atom is -0.390 e. The summed E-state index contributed by atoms with van der Waals surface area (Å²) in [6.07, 6.45) is 4.06. The van der Waals surface area contributed by atoms with Crippen molar-refractivity contribution in [2.24, 2.45) is 35.5 Å². The molecule has 1 saturated heterocycles. The number of rotatable bonds is 20. The highest BCUT2D eigenvalue weighted by Gasteiger charge is 2.46. The SMILES string of the molecule is C/C=C/C[C@@H](C)[C@@H](O)[C@H]1C(=O)N[C@@H](CC)C(=O)N(C)CC(=O)N(C)[C@@H]([C@@H](C)OCCCCn2ncnn2)C(=O)N[C@@H](C(C)C)C(=O)N(C)[C@@H](CC(C)C)C(=O)N[C@@H](C)C(=O)N[C@H](C)C(=O)N(C)[C@@H](CC(C)C)C(=O)N(C)[C@@H](CC(C)C)C(=O)N(C)[C@@H](C(C)C)C(=O)N1C. The zero-order valence-corrected chi connectivity index (χ0v) is 60.0. The molecule has 0 spiro atoms. The fraction of sp³-hybridized carbons (Fsp3) is 0.785. The summed E-state index contributed by atoms with van der Waals surface area (Å²) >= 11 is 0. The molecular formula is C65H115N15O13. The van der Waals surface area contributed by atoms with E-state index >= 15 is 14.4 Å².